The van der Waals surface area contributed by atoms with E-state index in [0.29, 0.717) is 31.2 Å². The second kappa shape index (κ2) is 8.45. The van der Waals surface area contributed by atoms with Crippen molar-refractivity contribution in [2.24, 2.45) is 11.7 Å². The molecule has 0 bridgehead atoms. The second-order valence-corrected chi connectivity index (χ2v) is 7.92. The van der Waals surface area contributed by atoms with Gasteiger partial charge < -0.3 is 15.8 Å². The average molecular weight is 362 g/mol. The van der Waals surface area contributed by atoms with Gasteiger partial charge in [-0.25, -0.2) is 4.98 Å². The Morgan fingerprint density at radius 1 is 1.32 bits per heavy atom. The van der Waals surface area contributed by atoms with Gasteiger partial charge in [0.1, 0.15) is 11.4 Å². The quantitative estimate of drug-likeness (QED) is 0.756. The molecule has 1 amide bonds. The SMILES string of the molecule is CC(C)COc1ccc(C(C)(C)NC(=O)c2csc(CCN)n2)cc1. The molecule has 0 spiro atoms. The number of benzene rings is 1. The van der Waals surface area contributed by atoms with Crippen LogP contribution in [0.5, 0.6) is 5.75 Å². The van der Waals surface area contributed by atoms with Crippen molar-refractivity contribution >= 4 is 17.2 Å². The van der Waals surface area contributed by atoms with Gasteiger partial charge in [-0.05, 0) is 44.0 Å². The minimum Gasteiger partial charge on any atom is -0.493 e. The summed E-state index contributed by atoms with van der Waals surface area (Å²) in [6.07, 6.45) is 0.694. The van der Waals surface area contributed by atoms with E-state index in [1.54, 1.807) is 5.38 Å². The highest BCUT2D eigenvalue weighted by molar-refractivity contribution is 7.09. The van der Waals surface area contributed by atoms with Gasteiger partial charge in [-0.2, -0.15) is 0 Å². The van der Waals surface area contributed by atoms with E-state index in [-0.39, 0.29) is 5.91 Å². The van der Waals surface area contributed by atoms with E-state index in [4.69, 9.17) is 10.5 Å². The molecule has 1 aromatic carbocycles. The average Bonchev–Trinajstić information content (AvgIpc) is 3.02. The van der Waals surface area contributed by atoms with Crippen LogP contribution in [-0.4, -0.2) is 24.0 Å². The molecule has 2 rings (SSSR count). The van der Waals surface area contributed by atoms with E-state index in [1.807, 2.05) is 38.1 Å². The highest BCUT2D eigenvalue weighted by Gasteiger charge is 2.24. The number of hydrogen-bond acceptors (Lipinski definition) is 5. The molecule has 1 heterocycles. The highest BCUT2D eigenvalue weighted by atomic mass is 32.1. The van der Waals surface area contributed by atoms with Gasteiger partial charge in [0.2, 0.25) is 0 Å². The Hall–Kier alpha value is -1.92. The molecule has 5 nitrogen and oxygen atoms in total. The standard InChI is InChI=1S/C19H27N3O2S/c1-13(2)11-24-15-7-5-14(6-8-15)19(3,4)22-18(23)16-12-25-17(21-16)9-10-20/h5-8,12-13H,9-11,20H2,1-4H3,(H,22,23). The Balaban J connectivity index is 2.03. The Morgan fingerprint density at radius 3 is 2.60 bits per heavy atom. The van der Waals surface area contributed by atoms with Crippen LogP contribution in [0.2, 0.25) is 0 Å². The molecule has 0 atom stereocenters. The molecule has 25 heavy (non-hydrogen) atoms. The van der Waals surface area contributed by atoms with Gasteiger partial charge in [-0.1, -0.05) is 26.0 Å². The summed E-state index contributed by atoms with van der Waals surface area (Å²) in [7, 11) is 0. The maximum Gasteiger partial charge on any atom is 0.271 e. The summed E-state index contributed by atoms with van der Waals surface area (Å²) in [5.74, 6) is 1.15. The fourth-order valence-electron chi connectivity index (χ4n) is 2.30. The molecule has 3 N–H and O–H groups in total. The maximum absolute atomic E-state index is 12.5. The highest BCUT2D eigenvalue weighted by Crippen LogP contribution is 2.24. The van der Waals surface area contributed by atoms with Crippen LogP contribution in [-0.2, 0) is 12.0 Å². The summed E-state index contributed by atoms with van der Waals surface area (Å²) in [5, 5.41) is 5.71. The molecule has 0 aliphatic heterocycles. The summed E-state index contributed by atoms with van der Waals surface area (Å²) in [4.78, 5) is 16.8. The number of nitrogens with zero attached hydrogens (tertiary/aromatic N) is 1. The van der Waals surface area contributed by atoms with E-state index >= 15 is 0 Å². The van der Waals surface area contributed by atoms with E-state index in [2.05, 4.69) is 24.1 Å². The minimum atomic E-state index is -0.509. The van der Waals surface area contributed by atoms with Gasteiger partial charge in [0.15, 0.2) is 0 Å². The van der Waals surface area contributed by atoms with Crippen LogP contribution in [0.1, 0.15) is 48.8 Å². The minimum absolute atomic E-state index is 0.176. The lowest BCUT2D eigenvalue weighted by Gasteiger charge is -2.26. The largest absolute Gasteiger partial charge is 0.493 e. The third kappa shape index (κ3) is 5.54. The van der Waals surface area contributed by atoms with E-state index in [9.17, 15) is 4.79 Å². The van der Waals surface area contributed by atoms with E-state index in [0.717, 1.165) is 16.3 Å². The van der Waals surface area contributed by atoms with Crippen LogP contribution in [0, 0.1) is 5.92 Å². The van der Waals surface area contributed by atoms with Crippen LogP contribution >= 0.6 is 11.3 Å². The third-order valence-electron chi connectivity index (χ3n) is 3.73. The van der Waals surface area contributed by atoms with E-state index in [1.165, 1.54) is 11.3 Å². The van der Waals surface area contributed by atoms with Crippen LogP contribution in [0.3, 0.4) is 0 Å². The number of ether oxygens (including phenoxy) is 1. The molecule has 0 aliphatic carbocycles. The van der Waals surface area contributed by atoms with Crippen molar-refractivity contribution in [3.05, 3.63) is 45.9 Å². The Kier molecular flexibility index (Phi) is 6.56. The second-order valence-electron chi connectivity index (χ2n) is 6.97. The molecule has 0 unspecified atom stereocenters. The number of nitrogens with two attached hydrogens (primary N) is 1. The van der Waals surface area contributed by atoms with Crippen molar-refractivity contribution in [3.8, 4) is 5.75 Å². The summed E-state index contributed by atoms with van der Waals surface area (Å²) in [6.45, 7) is 9.40. The maximum atomic E-state index is 12.5. The van der Waals surface area contributed by atoms with Crippen LogP contribution in [0.15, 0.2) is 29.6 Å². The molecule has 0 aliphatic rings. The number of thiazole rings is 1. The summed E-state index contributed by atoms with van der Waals surface area (Å²) in [5.41, 5.74) is 6.47. The first kappa shape index (κ1) is 19.4. The molecule has 6 heteroatoms. The van der Waals surface area contributed by atoms with Crippen LogP contribution in [0.4, 0.5) is 0 Å². The Morgan fingerprint density at radius 2 is 2.00 bits per heavy atom. The first-order valence-corrected chi connectivity index (χ1v) is 9.40. The van der Waals surface area contributed by atoms with Crippen LogP contribution in [0.25, 0.3) is 0 Å². The number of carbonyl (C=O) groups excluding carboxylic acids is 1. The first-order chi connectivity index (χ1) is 11.8. The Bertz CT molecular complexity index is 693. The normalized spacial score (nSPS) is 11.6. The number of rotatable bonds is 8. The van der Waals surface area contributed by atoms with Gasteiger partial charge in [-0.3, -0.25) is 4.79 Å². The zero-order valence-electron chi connectivity index (χ0n) is 15.3. The summed E-state index contributed by atoms with van der Waals surface area (Å²) in [6, 6.07) is 7.84. The molecule has 0 fully saturated rings. The van der Waals surface area contributed by atoms with Crippen LogP contribution < -0.4 is 15.8 Å². The molecule has 0 radical (unpaired) electrons. The van der Waals surface area contributed by atoms with Crippen molar-refractivity contribution in [2.75, 3.05) is 13.2 Å². The third-order valence-corrected chi connectivity index (χ3v) is 4.64. The Labute approximate surface area is 153 Å². The topological polar surface area (TPSA) is 77.2 Å². The predicted octanol–water partition coefficient (Wildman–Crippen LogP) is 3.34. The summed E-state index contributed by atoms with van der Waals surface area (Å²) >= 11 is 1.47. The zero-order chi connectivity index (χ0) is 18.4. The van der Waals surface area contributed by atoms with Gasteiger partial charge in [-0.15, -0.1) is 11.3 Å². The number of amides is 1. The van der Waals surface area contributed by atoms with Gasteiger partial charge >= 0.3 is 0 Å². The lowest BCUT2D eigenvalue weighted by Crippen LogP contribution is -2.41. The molecule has 2 aromatic rings. The van der Waals surface area contributed by atoms with E-state index < -0.39 is 5.54 Å². The first-order valence-electron chi connectivity index (χ1n) is 8.52. The van der Waals surface area contributed by atoms with Crippen molar-refractivity contribution in [1.29, 1.82) is 0 Å². The fourth-order valence-corrected chi connectivity index (χ4v) is 3.10. The lowest BCUT2D eigenvalue weighted by atomic mass is 9.94. The van der Waals surface area contributed by atoms with Crippen molar-refractivity contribution in [2.45, 2.75) is 39.7 Å². The summed E-state index contributed by atoms with van der Waals surface area (Å²) < 4.78 is 5.71. The molecular formula is C19H27N3O2S. The number of aromatic nitrogens is 1. The van der Waals surface area contributed by atoms with Crippen molar-refractivity contribution in [3.63, 3.8) is 0 Å². The van der Waals surface area contributed by atoms with Gasteiger partial charge in [0.05, 0.1) is 17.2 Å². The molecule has 136 valence electrons. The molecular weight excluding hydrogens is 334 g/mol. The number of carbonyl (C=O) groups is 1. The van der Waals surface area contributed by atoms with Gasteiger partial charge in [0.25, 0.3) is 5.91 Å². The monoisotopic (exact) mass is 361 g/mol. The number of nitrogens with one attached hydrogen (secondary N) is 1. The lowest BCUT2D eigenvalue weighted by molar-refractivity contribution is 0.0907. The predicted molar refractivity (Wildman–Crippen MR) is 102 cm³/mol. The van der Waals surface area contributed by atoms with Gasteiger partial charge in [0, 0.05) is 11.8 Å². The zero-order valence-corrected chi connectivity index (χ0v) is 16.2. The fraction of sp³-hybridized carbons (Fsp3) is 0.474. The molecule has 0 saturated heterocycles. The van der Waals surface area contributed by atoms with Crippen molar-refractivity contribution < 1.29 is 9.53 Å². The molecule has 0 saturated carbocycles. The smallest absolute Gasteiger partial charge is 0.271 e. The molecule has 1 aromatic heterocycles. The number of hydrogen-bond donors (Lipinski definition) is 2. The van der Waals surface area contributed by atoms with Crippen molar-refractivity contribution in [1.82, 2.24) is 10.3 Å².